The number of nitrogens with zero attached hydrogens (tertiary/aromatic N) is 1. The molecule has 1 aromatic heterocycles. The Kier molecular flexibility index (Phi) is 2.29. The van der Waals surface area contributed by atoms with Gasteiger partial charge in [0.05, 0.1) is 12.6 Å². The molecule has 0 radical (unpaired) electrons. The first-order chi connectivity index (χ1) is 6.72. The van der Waals surface area contributed by atoms with Crippen LogP contribution < -0.4 is 10.5 Å². The van der Waals surface area contributed by atoms with Gasteiger partial charge in [-0.25, -0.2) is 4.98 Å². The fraction of sp³-hybridized carbons (Fsp3) is 0.100. The van der Waals surface area contributed by atoms with Gasteiger partial charge in [0.2, 0.25) is 5.88 Å². The highest BCUT2D eigenvalue weighted by molar-refractivity contribution is 9.10. The Hall–Kier alpha value is -1.29. The number of pyridine rings is 1. The SMILES string of the molecule is COc1ccc2c(N)ccc(Br)c2n1. The molecule has 0 aliphatic carbocycles. The molecule has 0 bridgehead atoms. The Labute approximate surface area is 90.0 Å². The van der Waals surface area contributed by atoms with Gasteiger partial charge in [-0.1, -0.05) is 0 Å². The quantitative estimate of drug-likeness (QED) is 0.794. The van der Waals surface area contributed by atoms with Crippen LogP contribution in [-0.4, -0.2) is 12.1 Å². The second kappa shape index (κ2) is 3.46. The van der Waals surface area contributed by atoms with Crippen molar-refractivity contribution in [3.05, 3.63) is 28.7 Å². The Morgan fingerprint density at radius 2 is 2.07 bits per heavy atom. The van der Waals surface area contributed by atoms with Gasteiger partial charge < -0.3 is 10.5 Å². The van der Waals surface area contributed by atoms with Crippen molar-refractivity contribution in [1.82, 2.24) is 4.98 Å². The molecule has 0 fully saturated rings. The summed E-state index contributed by atoms with van der Waals surface area (Å²) < 4.78 is 5.96. The Morgan fingerprint density at radius 3 is 2.79 bits per heavy atom. The van der Waals surface area contributed by atoms with Crippen molar-refractivity contribution in [3.63, 3.8) is 0 Å². The summed E-state index contributed by atoms with van der Waals surface area (Å²) in [5.74, 6) is 0.587. The molecule has 14 heavy (non-hydrogen) atoms. The molecule has 3 nitrogen and oxygen atoms in total. The molecule has 0 spiro atoms. The van der Waals surface area contributed by atoms with Crippen molar-refractivity contribution in [1.29, 1.82) is 0 Å². The maximum absolute atomic E-state index is 5.81. The van der Waals surface area contributed by atoms with Gasteiger partial charge in [-0.2, -0.15) is 0 Å². The smallest absolute Gasteiger partial charge is 0.213 e. The minimum Gasteiger partial charge on any atom is -0.481 e. The van der Waals surface area contributed by atoms with Gasteiger partial charge >= 0.3 is 0 Å². The molecule has 0 atom stereocenters. The first-order valence-corrected chi connectivity index (χ1v) is 4.90. The second-order valence-corrected chi connectivity index (χ2v) is 3.74. The van der Waals surface area contributed by atoms with E-state index in [1.165, 1.54) is 0 Å². The molecule has 4 heteroatoms. The highest BCUT2D eigenvalue weighted by atomic mass is 79.9. The van der Waals surface area contributed by atoms with Gasteiger partial charge in [0.1, 0.15) is 0 Å². The van der Waals surface area contributed by atoms with Crippen LogP contribution in [0.4, 0.5) is 5.69 Å². The van der Waals surface area contributed by atoms with Gasteiger partial charge in [0.25, 0.3) is 0 Å². The lowest BCUT2D eigenvalue weighted by molar-refractivity contribution is 0.399. The van der Waals surface area contributed by atoms with E-state index in [4.69, 9.17) is 10.5 Å². The zero-order valence-corrected chi connectivity index (χ0v) is 9.21. The lowest BCUT2D eigenvalue weighted by atomic mass is 10.2. The van der Waals surface area contributed by atoms with Gasteiger partial charge in [0, 0.05) is 21.6 Å². The van der Waals surface area contributed by atoms with Gasteiger partial charge in [-0.3, -0.25) is 0 Å². The van der Waals surface area contributed by atoms with Crippen LogP contribution in [0.1, 0.15) is 0 Å². The number of benzene rings is 1. The molecule has 0 aliphatic rings. The number of hydrogen-bond acceptors (Lipinski definition) is 3. The monoisotopic (exact) mass is 252 g/mol. The number of anilines is 1. The third kappa shape index (κ3) is 1.42. The maximum Gasteiger partial charge on any atom is 0.213 e. The zero-order chi connectivity index (χ0) is 10.1. The van der Waals surface area contributed by atoms with Crippen LogP contribution in [0.5, 0.6) is 5.88 Å². The number of methoxy groups -OCH3 is 1. The van der Waals surface area contributed by atoms with Crippen LogP contribution in [-0.2, 0) is 0 Å². The normalized spacial score (nSPS) is 10.4. The van der Waals surface area contributed by atoms with E-state index in [0.29, 0.717) is 5.88 Å². The highest BCUT2D eigenvalue weighted by Crippen LogP contribution is 2.28. The molecule has 2 aromatic rings. The molecular formula is C10H9BrN2O. The van der Waals surface area contributed by atoms with E-state index in [-0.39, 0.29) is 0 Å². The van der Waals surface area contributed by atoms with Crippen LogP contribution in [0.2, 0.25) is 0 Å². The lowest BCUT2D eigenvalue weighted by Gasteiger charge is -2.05. The predicted octanol–water partition coefficient (Wildman–Crippen LogP) is 2.59. The molecule has 0 aliphatic heterocycles. The third-order valence-electron chi connectivity index (χ3n) is 2.03. The molecule has 1 heterocycles. The van der Waals surface area contributed by atoms with Crippen LogP contribution in [0.25, 0.3) is 10.9 Å². The largest absolute Gasteiger partial charge is 0.481 e. The minimum atomic E-state index is 0.587. The lowest BCUT2D eigenvalue weighted by Crippen LogP contribution is -1.92. The van der Waals surface area contributed by atoms with Crippen molar-refractivity contribution in [3.8, 4) is 5.88 Å². The number of aromatic nitrogens is 1. The Bertz CT molecular complexity index is 485. The second-order valence-electron chi connectivity index (χ2n) is 2.89. The summed E-state index contributed by atoms with van der Waals surface area (Å²) in [4.78, 5) is 4.30. The molecule has 72 valence electrons. The van der Waals surface area contributed by atoms with Crippen LogP contribution in [0.3, 0.4) is 0 Å². The zero-order valence-electron chi connectivity index (χ0n) is 7.62. The Morgan fingerprint density at radius 1 is 1.29 bits per heavy atom. The molecule has 0 amide bonds. The van der Waals surface area contributed by atoms with Crippen molar-refractivity contribution in [2.24, 2.45) is 0 Å². The topological polar surface area (TPSA) is 48.1 Å². The molecule has 2 N–H and O–H groups in total. The number of fused-ring (bicyclic) bond motifs is 1. The fourth-order valence-electron chi connectivity index (χ4n) is 1.30. The first-order valence-electron chi connectivity index (χ1n) is 4.11. The first kappa shape index (κ1) is 9.27. The van der Waals surface area contributed by atoms with Crippen molar-refractivity contribution >= 4 is 32.5 Å². The maximum atomic E-state index is 5.81. The van der Waals surface area contributed by atoms with Gasteiger partial charge in [-0.05, 0) is 34.1 Å². The molecule has 0 saturated heterocycles. The van der Waals surface area contributed by atoms with Crippen LogP contribution in [0, 0.1) is 0 Å². The number of nitrogen functional groups attached to an aromatic ring is 1. The van der Waals surface area contributed by atoms with E-state index in [9.17, 15) is 0 Å². The molecule has 1 aromatic carbocycles. The van der Waals surface area contributed by atoms with Crippen LogP contribution in [0.15, 0.2) is 28.7 Å². The minimum absolute atomic E-state index is 0.587. The summed E-state index contributed by atoms with van der Waals surface area (Å²) in [6.07, 6.45) is 0. The Balaban J connectivity index is 2.80. The summed E-state index contributed by atoms with van der Waals surface area (Å²) in [5, 5.41) is 0.931. The van der Waals surface area contributed by atoms with Gasteiger partial charge in [-0.15, -0.1) is 0 Å². The summed E-state index contributed by atoms with van der Waals surface area (Å²) in [7, 11) is 1.59. The number of hydrogen-bond donors (Lipinski definition) is 1. The fourth-order valence-corrected chi connectivity index (χ4v) is 1.74. The van der Waals surface area contributed by atoms with E-state index < -0.39 is 0 Å². The van der Waals surface area contributed by atoms with Crippen LogP contribution >= 0.6 is 15.9 Å². The average molecular weight is 253 g/mol. The van der Waals surface area contributed by atoms with Crippen molar-refractivity contribution < 1.29 is 4.74 Å². The summed E-state index contributed by atoms with van der Waals surface area (Å²) in [5.41, 5.74) is 7.36. The standard InChI is InChI=1S/C10H9BrN2O/c1-14-9-5-2-6-8(12)4-3-7(11)10(6)13-9/h2-5H,12H2,1H3. The van der Waals surface area contributed by atoms with E-state index in [0.717, 1.165) is 21.1 Å². The van der Waals surface area contributed by atoms with Gasteiger partial charge in [0.15, 0.2) is 0 Å². The predicted molar refractivity (Wildman–Crippen MR) is 60.4 cm³/mol. The summed E-state index contributed by atoms with van der Waals surface area (Å²) in [6, 6.07) is 7.43. The highest BCUT2D eigenvalue weighted by Gasteiger charge is 2.04. The van der Waals surface area contributed by atoms with E-state index in [1.807, 2.05) is 18.2 Å². The average Bonchev–Trinajstić information content (AvgIpc) is 2.23. The number of nitrogens with two attached hydrogens (primary N) is 1. The number of rotatable bonds is 1. The molecule has 2 rings (SSSR count). The van der Waals surface area contributed by atoms with Crippen molar-refractivity contribution in [2.75, 3.05) is 12.8 Å². The molecule has 0 unspecified atom stereocenters. The van der Waals surface area contributed by atoms with Crippen molar-refractivity contribution in [2.45, 2.75) is 0 Å². The van der Waals surface area contributed by atoms with E-state index in [1.54, 1.807) is 13.2 Å². The molecule has 0 saturated carbocycles. The third-order valence-corrected chi connectivity index (χ3v) is 2.67. The number of halogens is 1. The molecular weight excluding hydrogens is 244 g/mol. The summed E-state index contributed by atoms with van der Waals surface area (Å²) >= 11 is 3.42. The number of ether oxygens (including phenoxy) is 1. The summed E-state index contributed by atoms with van der Waals surface area (Å²) in [6.45, 7) is 0. The van der Waals surface area contributed by atoms with E-state index in [2.05, 4.69) is 20.9 Å². The van der Waals surface area contributed by atoms with E-state index >= 15 is 0 Å².